The third-order valence-corrected chi connectivity index (χ3v) is 6.97. The lowest BCUT2D eigenvalue weighted by molar-refractivity contribution is -0.657. The van der Waals surface area contributed by atoms with Crippen molar-refractivity contribution in [3.05, 3.63) is 82.7 Å². The third kappa shape index (κ3) is 1.59. The molecular formula is C26H21N2+. The molecule has 0 atom stereocenters. The zero-order valence-electron chi connectivity index (χ0n) is 16.2. The molecule has 0 bridgehead atoms. The highest BCUT2D eigenvalue weighted by Gasteiger charge is 2.34. The zero-order chi connectivity index (χ0) is 18.6. The molecule has 2 nitrogen and oxygen atoms in total. The first-order valence-corrected chi connectivity index (χ1v) is 10.2. The monoisotopic (exact) mass is 361 g/mol. The molecule has 4 heterocycles. The van der Waals surface area contributed by atoms with Crippen LogP contribution in [0.1, 0.15) is 27.9 Å². The molecule has 0 spiro atoms. The highest BCUT2D eigenvalue weighted by molar-refractivity contribution is 6.14. The molecule has 7 rings (SSSR count). The van der Waals surface area contributed by atoms with Crippen molar-refractivity contribution in [2.24, 2.45) is 0 Å². The predicted molar refractivity (Wildman–Crippen MR) is 114 cm³/mol. The molecule has 2 aliphatic heterocycles. The van der Waals surface area contributed by atoms with E-state index in [-0.39, 0.29) is 0 Å². The van der Waals surface area contributed by atoms with Crippen LogP contribution in [0.25, 0.3) is 38.4 Å². The van der Waals surface area contributed by atoms with Crippen molar-refractivity contribution >= 4 is 27.3 Å². The largest absolute Gasteiger partial charge is 0.295 e. The lowest BCUT2D eigenvalue weighted by Gasteiger charge is -2.19. The fraction of sp³-hybridized carbons (Fsp3) is 0.192. The molecule has 2 aromatic heterocycles. The summed E-state index contributed by atoms with van der Waals surface area (Å²) in [5.41, 5.74) is 12.8. The molecule has 0 aliphatic carbocycles. The molecule has 5 aromatic rings. The number of hydrogen-bond acceptors (Lipinski definition) is 0. The molecule has 0 radical (unpaired) electrons. The van der Waals surface area contributed by atoms with Crippen LogP contribution in [0.15, 0.2) is 54.7 Å². The van der Waals surface area contributed by atoms with E-state index in [0.717, 1.165) is 19.4 Å². The second kappa shape index (κ2) is 4.82. The van der Waals surface area contributed by atoms with Gasteiger partial charge in [-0.25, -0.2) is 4.57 Å². The maximum Gasteiger partial charge on any atom is 0.295 e. The minimum absolute atomic E-state index is 1.01. The van der Waals surface area contributed by atoms with Gasteiger partial charge in [0.2, 0.25) is 0 Å². The number of pyridine rings is 1. The quantitative estimate of drug-likeness (QED) is 0.278. The zero-order valence-corrected chi connectivity index (χ0v) is 16.2. The van der Waals surface area contributed by atoms with Crippen LogP contribution in [0, 0.1) is 13.8 Å². The third-order valence-electron chi connectivity index (χ3n) is 6.97. The Morgan fingerprint density at radius 3 is 2.54 bits per heavy atom. The van der Waals surface area contributed by atoms with Crippen molar-refractivity contribution in [1.82, 2.24) is 4.40 Å². The maximum atomic E-state index is 2.57. The van der Waals surface area contributed by atoms with Gasteiger partial charge in [-0.15, -0.1) is 0 Å². The second-order valence-corrected chi connectivity index (χ2v) is 8.50. The minimum atomic E-state index is 1.01. The van der Waals surface area contributed by atoms with E-state index >= 15 is 0 Å². The van der Waals surface area contributed by atoms with Gasteiger partial charge >= 0.3 is 0 Å². The van der Waals surface area contributed by atoms with Gasteiger partial charge in [-0.1, -0.05) is 42.5 Å². The van der Waals surface area contributed by atoms with Crippen LogP contribution in [0.5, 0.6) is 0 Å². The highest BCUT2D eigenvalue weighted by atomic mass is 15.1. The second-order valence-electron chi connectivity index (χ2n) is 8.50. The van der Waals surface area contributed by atoms with Gasteiger partial charge < -0.3 is 0 Å². The van der Waals surface area contributed by atoms with Gasteiger partial charge in [0.15, 0.2) is 0 Å². The summed E-state index contributed by atoms with van der Waals surface area (Å²) in [6.07, 6.45) is 4.62. The Kier molecular flexibility index (Phi) is 2.56. The Labute approximate surface area is 163 Å². The lowest BCUT2D eigenvalue weighted by Crippen LogP contribution is -2.28. The van der Waals surface area contributed by atoms with Crippen molar-refractivity contribution < 1.29 is 4.57 Å². The van der Waals surface area contributed by atoms with Crippen LogP contribution in [-0.2, 0) is 19.4 Å². The Morgan fingerprint density at radius 2 is 1.68 bits per heavy atom. The van der Waals surface area contributed by atoms with Gasteiger partial charge in [0, 0.05) is 28.3 Å². The summed E-state index contributed by atoms with van der Waals surface area (Å²) < 4.78 is 5.04. The molecule has 0 saturated heterocycles. The molecule has 2 heteroatoms. The summed E-state index contributed by atoms with van der Waals surface area (Å²) in [6, 6.07) is 18.2. The first kappa shape index (κ1) is 14.9. The molecule has 134 valence electrons. The van der Waals surface area contributed by atoms with E-state index in [0.29, 0.717) is 0 Å². The Hall–Kier alpha value is -3.13. The minimum Gasteiger partial charge on any atom is -0.225 e. The van der Waals surface area contributed by atoms with Gasteiger partial charge in [0.05, 0.1) is 5.39 Å². The number of aromatic nitrogens is 2. The first-order valence-electron chi connectivity index (χ1n) is 10.2. The summed E-state index contributed by atoms with van der Waals surface area (Å²) in [5, 5.41) is 4.26. The van der Waals surface area contributed by atoms with Crippen molar-refractivity contribution in [3.63, 3.8) is 0 Å². The fourth-order valence-electron chi connectivity index (χ4n) is 5.86. The molecule has 0 amide bonds. The van der Waals surface area contributed by atoms with Crippen LogP contribution < -0.4 is 4.57 Å². The van der Waals surface area contributed by atoms with Crippen LogP contribution in [-0.4, -0.2) is 4.40 Å². The van der Waals surface area contributed by atoms with Gasteiger partial charge in [0.25, 0.3) is 5.65 Å². The lowest BCUT2D eigenvalue weighted by atomic mass is 9.86. The van der Waals surface area contributed by atoms with E-state index in [1.165, 1.54) is 66.4 Å². The Morgan fingerprint density at radius 1 is 0.857 bits per heavy atom. The fourth-order valence-corrected chi connectivity index (χ4v) is 5.86. The van der Waals surface area contributed by atoms with Crippen molar-refractivity contribution in [1.29, 1.82) is 0 Å². The van der Waals surface area contributed by atoms with E-state index in [1.54, 1.807) is 0 Å². The molecule has 28 heavy (non-hydrogen) atoms. The number of fused-ring (bicyclic) bond motifs is 1. The normalized spacial score (nSPS) is 14.4. The molecular weight excluding hydrogens is 340 g/mol. The van der Waals surface area contributed by atoms with Crippen molar-refractivity contribution in [2.45, 2.75) is 33.2 Å². The van der Waals surface area contributed by atoms with Crippen LogP contribution >= 0.6 is 0 Å². The smallest absolute Gasteiger partial charge is 0.225 e. The summed E-state index contributed by atoms with van der Waals surface area (Å²) in [4.78, 5) is 0. The standard InChI is InChI=1S/C26H21N2/c1-15-5-3-6-16(2)23(15)20-11-12-22-19-8-4-7-17-13-27-14-18-9-10-21(20)25(22)28(18)26(27)24(17)19/h3-8,11-12,14H,9-10,13H2,1-2H3/q+1. The van der Waals surface area contributed by atoms with Gasteiger partial charge in [0.1, 0.15) is 24.0 Å². The van der Waals surface area contributed by atoms with Crippen LogP contribution in [0.2, 0.25) is 0 Å². The summed E-state index contributed by atoms with van der Waals surface area (Å²) in [7, 11) is 0. The maximum absolute atomic E-state index is 2.57. The number of rotatable bonds is 1. The van der Waals surface area contributed by atoms with Gasteiger partial charge in [-0.05, 0) is 48.6 Å². The van der Waals surface area contributed by atoms with Crippen LogP contribution in [0.3, 0.4) is 0 Å². The Balaban J connectivity index is 1.75. The van der Waals surface area contributed by atoms with E-state index < -0.39 is 0 Å². The van der Waals surface area contributed by atoms with Gasteiger partial charge in [-0.3, -0.25) is 0 Å². The molecule has 0 saturated carbocycles. The van der Waals surface area contributed by atoms with Crippen molar-refractivity contribution in [3.8, 4) is 11.1 Å². The number of nitrogens with zero attached hydrogens (tertiary/aromatic N) is 2. The SMILES string of the molecule is Cc1cccc(C)c1-c1ccc2c3cccc4c3c3n5c(c[n+]3C4)CCc1c25. The Bertz CT molecular complexity index is 1480. The first-order chi connectivity index (χ1) is 13.7. The molecule has 0 N–H and O–H groups in total. The number of hydrogen-bond donors (Lipinski definition) is 0. The van der Waals surface area contributed by atoms with Crippen molar-refractivity contribution in [2.75, 3.05) is 0 Å². The number of aryl methyl sites for hydroxylation is 4. The van der Waals surface area contributed by atoms with E-state index in [2.05, 4.69) is 77.5 Å². The number of imidazole rings is 1. The highest BCUT2D eigenvalue weighted by Crippen LogP contribution is 2.42. The molecule has 0 unspecified atom stereocenters. The van der Waals surface area contributed by atoms with E-state index in [1.807, 2.05) is 0 Å². The molecule has 2 aliphatic rings. The average Bonchev–Trinajstić information content (AvgIpc) is 3.23. The van der Waals surface area contributed by atoms with E-state index in [4.69, 9.17) is 0 Å². The topological polar surface area (TPSA) is 8.29 Å². The predicted octanol–water partition coefficient (Wildman–Crippen LogP) is 5.28. The summed E-state index contributed by atoms with van der Waals surface area (Å²) >= 11 is 0. The summed E-state index contributed by atoms with van der Waals surface area (Å²) in [6.45, 7) is 5.49. The molecule has 3 aromatic carbocycles. The summed E-state index contributed by atoms with van der Waals surface area (Å²) in [5.74, 6) is 0. The van der Waals surface area contributed by atoms with E-state index in [9.17, 15) is 0 Å². The number of benzene rings is 3. The van der Waals surface area contributed by atoms with Gasteiger partial charge in [-0.2, -0.15) is 4.40 Å². The van der Waals surface area contributed by atoms with Crippen LogP contribution in [0.4, 0.5) is 0 Å². The molecule has 0 fully saturated rings. The average molecular weight is 361 g/mol.